The standard InChI is InChI=1S/C35H34N4O6S/c1-22-10-11-25-16-26(22)20-38-21-27-17-28(12-13-32(27)45-46(38,42)43)44-15-7-6-14-39-35-31(24-8-4-3-5-9-24)18-29(30(25)19-33(40)41)23(2)34(35)36-37-39/h3-5,8-13,16-18,30H,6-7,14-15,19-21H2,1-2H3,(H,40,41)/t30-/m1/s1. The highest BCUT2D eigenvalue weighted by atomic mass is 32.2. The molecule has 0 radical (unpaired) electrons. The van der Waals surface area contributed by atoms with Crippen molar-refractivity contribution < 1.29 is 27.2 Å². The lowest BCUT2D eigenvalue weighted by atomic mass is 9.82. The van der Waals surface area contributed by atoms with Crippen LogP contribution >= 0.6 is 0 Å². The smallest absolute Gasteiger partial charge is 0.385 e. The predicted octanol–water partition coefficient (Wildman–Crippen LogP) is 6.13. The third-order valence-corrected chi connectivity index (χ3v) is 10.2. The number of aryl methyl sites for hydroxylation is 3. The second-order valence-electron chi connectivity index (χ2n) is 12.0. The number of ether oxygens (including phenoxy) is 1. The molecule has 3 aliphatic heterocycles. The van der Waals surface area contributed by atoms with Crippen LogP contribution in [0.2, 0.25) is 0 Å². The highest BCUT2D eigenvalue weighted by Gasteiger charge is 2.33. The maximum Gasteiger partial charge on any atom is 0.385 e. The van der Waals surface area contributed by atoms with Gasteiger partial charge in [0.2, 0.25) is 0 Å². The van der Waals surface area contributed by atoms with E-state index in [0.717, 1.165) is 62.8 Å². The van der Waals surface area contributed by atoms with Crippen LogP contribution in [0.3, 0.4) is 0 Å². The van der Waals surface area contributed by atoms with E-state index in [9.17, 15) is 18.3 Å². The van der Waals surface area contributed by atoms with Gasteiger partial charge in [-0.25, -0.2) is 4.68 Å². The molecule has 9 bridgehead atoms. The molecule has 4 heterocycles. The molecule has 0 amide bonds. The minimum absolute atomic E-state index is 0.0634. The Morgan fingerprint density at radius 2 is 1.78 bits per heavy atom. The average Bonchev–Trinajstić information content (AvgIpc) is 3.46. The molecule has 5 aromatic rings. The number of aromatic nitrogens is 3. The zero-order valence-electron chi connectivity index (χ0n) is 25.6. The van der Waals surface area contributed by atoms with Gasteiger partial charge in [0, 0.05) is 36.7 Å². The zero-order chi connectivity index (χ0) is 32.0. The predicted molar refractivity (Wildman–Crippen MR) is 173 cm³/mol. The van der Waals surface area contributed by atoms with Gasteiger partial charge in [-0.05, 0) is 84.3 Å². The lowest BCUT2D eigenvalue weighted by Gasteiger charge is -2.29. The maximum atomic E-state index is 13.2. The first kappa shape index (κ1) is 29.9. The Labute approximate surface area is 267 Å². The van der Waals surface area contributed by atoms with Gasteiger partial charge in [0.1, 0.15) is 17.0 Å². The Morgan fingerprint density at radius 1 is 0.978 bits per heavy atom. The summed E-state index contributed by atoms with van der Waals surface area (Å²) in [7, 11) is -4.06. The van der Waals surface area contributed by atoms with Crippen LogP contribution < -0.4 is 8.92 Å². The first-order chi connectivity index (χ1) is 22.2. The molecule has 0 saturated heterocycles. The Hall–Kier alpha value is -4.74. The van der Waals surface area contributed by atoms with Crippen LogP contribution in [0.1, 0.15) is 58.6 Å². The summed E-state index contributed by atoms with van der Waals surface area (Å²) in [4.78, 5) is 12.4. The average molecular weight is 639 g/mol. The van der Waals surface area contributed by atoms with Crippen molar-refractivity contribution in [3.05, 3.63) is 106 Å². The number of fused-ring (bicyclic) bond motifs is 5. The highest BCUT2D eigenvalue weighted by Crippen LogP contribution is 2.40. The molecule has 0 aliphatic carbocycles. The highest BCUT2D eigenvalue weighted by molar-refractivity contribution is 7.84. The zero-order valence-corrected chi connectivity index (χ0v) is 26.5. The van der Waals surface area contributed by atoms with Crippen LogP contribution in [0.15, 0.2) is 72.8 Å². The lowest BCUT2D eigenvalue weighted by Crippen LogP contribution is -2.37. The van der Waals surface area contributed by atoms with Gasteiger partial charge in [-0.1, -0.05) is 53.7 Å². The van der Waals surface area contributed by atoms with Crippen molar-refractivity contribution in [2.24, 2.45) is 0 Å². The summed E-state index contributed by atoms with van der Waals surface area (Å²) in [5.41, 5.74) is 8.40. The molecule has 1 N–H and O–H groups in total. The molecule has 0 saturated carbocycles. The van der Waals surface area contributed by atoms with Crippen LogP contribution in [-0.4, -0.2) is 45.4 Å². The molecule has 2 atom stereocenters. The van der Waals surface area contributed by atoms with Crippen LogP contribution in [0.4, 0.5) is 0 Å². The van der Waals surface area contributed by atoms with Gasteiger partial charge in [0.05, 0.1) is 18.5 Å². The van der Waals surface area contributed by atoms with E-state index in [1.807, 2.05) is 73.1 Å². The fraction of sp³-hybridized carbons (Fsp3) is 0.286. The van der Waals surface area contributed by atoms with Crippen LogP contribution in [0.25, 0.3) is 22.2 Å². The first-order valence-electron chi connectivity index (χ1n) is 15.4. The number of benzene rings is 4. The van der Waals surface area contributed by atoms with Gasteiger partial charge >= 0.3 is 16.3 Å². The largest absolute Gasteiger partial charge is 0.494 e. The van der Waals surface area contributed by atoms with Crippen LogP contribution in [0, 0.1) is 13.8 Å². The SMILES string of the molecule is Cc1ccc2cc1CN1Cc3cc(ccc3OS1(=O)=O)OCCCCn1nnc3c(C)c(cc(-c4ccccc4)c31)[C@@H]2CC(=O)O. The Morgan fingerprint density at radius 3 is 2.59 bits per heavy atom. The Kier molecular flexibility index (Phi) is 7.74. The number of rotatable bonds is 3. The van der Waals surface area contributed by atoms with E-state index in [2.05, 4.69) is 16.4 Å². The topological polar surface area (TPSA) is 124 Å². The molecule has 3 aliphatic rings. The number of carbonyl (C=O) groups is 1. The van der Waals surface area contributed by atoms with Crippen molar-refractivity contribution in [1.82, 2.24) is 19.3 Å². The normalized spacial score (nSPS) is 19.1. The van der Waals surface area contributed by atoms with E-state index in [1.54, 1.807) is 12.1 Å². The van der Waals surface area contributed by atoms with E-state index < -0.39 is 22.2 Å². The molecule has 0 fully saturated rings. The fourth-order valence-corrected chi connectivity index (χ4v) is 7.57. The van der Waals surface area contributed by atoms with E-state index >= 15 is 0 Å². The van der Waals surface area contributed by atoms with Crippen molar-refractivity contribution in [2.75, 3.05) is 6.61 Å². The number of carboxylic acids is 1. The number of nitrogens with zero attached hydrogens (tertiary/aromatic N) is 4. The van der Waals surface area contributed by atoms with Crippen molar-refractivity contribution in [3.8, 4) is 22.6 Å². The summed E-state index contributed by atoms with van der Waals surface area (Å²) in [6, 6.07) is 23.0. The molecule has 1 unspecified atom stereocenters. The van der Waals surface area contributed by atoms with Gasteiger partial charge in [0.25, 0.3) is 0 Å². The number of hydrogen-bond donors (Lipinski definition) is 1. The molecule has 236 valence electrons. The van der Waals surface area contributed by atoms with Gasteiger partial charge in [-0.3, -0.25) is 4.79 Å². The third kappa shape index (κ3) is 5.60. The number of aliphatic carboxylic acids is 1. The minimum atomic E-state index is -4.06. The first-order valence-corrected chi connectivity index (χ1v) is 16.7. The summed E-state index contributed by atoms with van der Waals surface area (Å²) in [6.07, 6.45) is 1.40. The summed E-state index contributed by atoms with van der Waals surface area (Å²) in [5.74, 6) is -0.520. The summed E-state index contributed by atoms with van der Waals surface area (Å²) in [5, 5.41) is 19.3. The van der Waals surface area contributed by atoms with E-state index in [1.165, 1.54) is 4.31 Å². The maximum absolute atomic E-state index is 13.2. The molecule has 8 rings (SSSR count). The second kappa shape index (κ2) is 11.9. The quantitative estimate of drug-likeness (QED) is 0.250. The molecule has 4 aromatic carbocycles. The molecule has 11 heteroatoms. The van der Waals surface area contributed by atoms with Gasteiger partial charge in [0.15, 0.2) is 0 Å². The summed E-state index contributed by atoms with van der Waals surface area (Å²) >= 11 is 0. The van der Waals surface area contributed by atoms with E-state index in [4.69, 9.17) is 8.92 Å². The lowest BCUT2D eigenvalue weighted by molar-refractivity contribution is -0.137. The molecule has 1 aromatic heterocycles. The Balaban J connectivity index is 1.42. The molecule has 0 spiro atoms. The minimum Gasteiger partial charge on any atom is -0.494 e. The van der Waals surface area contributed by atoms with Crippen molar-refractivity contribution in [1.29, 1.82) is 0 Å². The van der Waals surface area contributed by atoms with E-state index in [-0.39, 0.29) is 19.5 Å². The van der Waals surface area contributed by atoms with Crippen LogP contribution in [-0.2, 0) is 34.7 Å². The van der Waals surface area contributed by atoms with Crippen LogP contribution in [0.5, 0.6) is 11.5 Å². The van der Waals surface area contributed by atoms with Gasteiger partial charge < -0.3 is 14.0 Å². The molecule has 46 heavy (non-hydrogen) atoms. The number of carboxylic acid groups (broad SMARTS) is 1. The Bertz CT molecular complexity index is 2080. The van der Waals surface area contributed by atoms with Crippen molar-refractivity contribution in [2.45, 2.75) is 58.7 Å². The van der Waals surface area contributed by atoms with Gasteiger partial charge in [-0.2, -0.15) is 12.7 Å². The third-order valence-electron chi connectivity index (χ3n) is 8.96. The fourth-order valence-electron chi connectivity index (χ4n) is 6.48. The summed E-state index contributed by atoms with van der Waals surface area (Å²) in [6.45, 7) is 5.19. The van der Waals surface area contributed by atoms with Crippen molar-refractivity contribution in [3.63, 3.8) is 0 Å². The van der Waals surface area contributed by atoms with E-state index in [0.29, 0.717) is 30.2 Å². The van der Waals surface area contributed by atoms with Crippen molar-refractivity contribution >= 4 is 27.3 Å². The monoisotopic (exact) mass is 638 g/mol. The molecular formula is C35H34N4O6S. The van der Waals surface area contributed by atoms with Gasteiger partial charge in [-0.15, -0.1) is 5.10 Å². The number of hydrogen-bond acceptors (Lipinski definition) is 7. The summed E-state index contributed by atoms with van der Waals surface area (Å²) < 4.78 is 41.3. The second-order valence-corrected chi connectivity index (χ2v) is 13.5. The molecule has 10 nitrogen and oxygen atoms in total. The molecular weight excluding hydrogens is 604 g/mol.